The molecule has 0 atom stereocenters. The predicted molar refractivity (Wildman–Crippen MR) is 97.7 cm³/mol. The first-order valence-electron chi connectivity index (χ1n) is 6.96. The van der Waals surface area contributed by atoms with Crippen molar-refractivity contribution >= 4 is 45.8 Å². The number of nitro groups is 1. The summed E-state index contributed by atoms with van der Waals surface area (Å²) in [5.41, 5.74) is 0.194. The summed E-state index contributed by atoms with van der Waals surface area (Å²) in [4.78, 5) is 34.1. The third-order valence-corrected chi connectivity index (χ3v) is 4.03. The summed E-state index contributed by atoms with van der Waals surface area (Å²) in [5, 5.41) is 13.6. The number of nitro benzene ring substituents is 1. The average molecular weight is 456 g/mol. The molecule has 0 saturated carbocycles. The first kappa shape index (κ1) is 18.6. The van der Waals surface area contributed by atoms with Crippen molar-refractivity contribution in [3.63, 3.8) is 0 Å². The zero-order valence-corrected chi connectivity index (χ0v) is 15.2. The third-order valence-electron chi connectivity index (χ3n) is 3.09. The number of ether oxygens (including phenoxy) is 2. The second kappa shape index (κ2) is 8.42. The largest absolute Gasteiger partial charge is 0.490 e. The number of carbonyl (C=O) groups is 2. The highest BCUT2D eigenvalue weighted by Gasteiger charge is 2.19. The molecule has 2 rings (SSSR count). The summed E-state index contributed by atoms with van der Waals surface area (Å²) in [6, 6.07) is 10.8. The van der Waals surface area contributed by atoms with Gasteiger partial charge < -0.3 is 14.8 Å². The fourth-order valence-corrected chi connectivity index (χ4v) is 2.45. The molecule has 2 aromatic rings. The number of anilines is 1. The van der Waals surface area contributed by atoms with Crippen molar-refractivity contribution < 1.29 is 24.0 Å². The number of methoxy groups -OCH3 is 1. The molecule has 0 radical (unpaired) electrons. The molecule has 0 bridgehead atoms. The summed E-state index contributed by atoms with van der Waals surface area (Å²) in [6.07, 6.45) is 0. The van der Waals surface area contributed by atoms with Gasteiger partial charge in [0.2, 0.25) is 0 Å². The van der Waals surface area contributed by atoms with Crippen LogP contribution in [-0.4, -0.2) is 30.5 Å². The van der Waals surface area contributed by atoms with Crippen molar-refractivity contribution in [2.75, 3.05) is 19.0 Å². The Labute approximate surface area is 156 Å². The van der Waals surface area contributed by atoms with Gasteiger partial charge in [-0.15, -0.1) is 0 Å². The molecule has 0 aliphatic heterocycles. The number of nitrogens with one attached hydrogen (secondary N) is 1. The molecule has 1 N–H and O–H groups in total. The van der Waals surface area contributed by atoms with Crippen molar-refractivity contribution in [3.05, 3.63) is 61.7 Å². The van der Waals surface area contributed by atoms with Crippen LogP contribution in [0.5, 0.6) is 5.75 Å². The molecule has 9 heteroatoms. The molecule has 0 aliphatic carbocycles. The number of esters is 1. The Bertz CT molecular complexity index is 824. The van der Waals surface area contributed by atoms with Crippen LogP contribution in [0.15, 0.2) is 42.5 Å². The van der Waals surface area contributed by atoms with Crippen LogP contribution >= 0.6 is 22.6 Å². The van der Waals surface area contributed by atoms with Crippen molar-refractivity contribution in [1.29, 1.82) is 0 Å². The molecule has 2 aromatic carbocycles. The van der Waals surface area contributed by atoms with E-state index in [4.69, 9.17) is 9.47 Å². The van der Waals surface area contributed by atoms with Gasteiger partial charge in [-0.25, -0.2) is 4.79 Å². The van der Waals surface area contributed by atoms with Crippen LogP contribution in [0, 0.1) is 13.7 Å². The lowest BCUT2D eigenvalue weighted by molar-refractivity contribution is -0.385. The molecule has 0 aliphatic rings. The molecule has 0 spiro atoms. The molecule has 0 fully saturated rings. The maximum atomic E-state index is 12.0. The predicted octanol–water partition coefficient (Wildman–Crippen LogP) is 3.00. The molecule has 0 aromatic heterocycles. The first-order chi connectivity index (χ1) is 11.9. The van der Waals surface area contributed by atoms with E-state index in [1.54, 1.807) is 12.1 Å². The Morgan fingerprint density at radius 2 is 1.96 bits per heavy atom. The van der Waals surface area contributed by atoms with Gasteiger partial charge in [-0.05, 0) is 46.9 Å². The SMILES string of the molecule is COc1ccc(C(=O)OCC(=O)Nc2ccccc2I)cc1[N+](=O)[O-]. The van der Waals surface area contributed by atoms with Crippen molar-refractivity contribution in [2.24, 2.45) is 0 Å². The van der Waals surface area contributed by atoms with Gasteiger partial charge >= 0.3 is 11.7 Å². The highest BCUT2D eigenvalue weighted by Crippen LogP contribution is 2.27. The smallest absolute Gasteiger partial charge is 0.338 e. The lowest BCUT2D eigenvalue weighted by atomic mass is 10.2. The minimum atomic E-state index is -0.844. The van der Waals surface area contributed by atoms with Crippen LogP contribution in [-0.2, 0) is 9.53 Å². The van der Waals surface area contributed by atoms with Gasteiger partial charge in [-0.3, -0.25) is 14.9 Å². The molecule has 0 saturated heterocycles. The standard InChI is InChI=1S/C16H13IN2O6/c1-24-14-7-6-10(8-13(14)19(22)23)16(21)25-9-15(20)18-12-5-3-2-4-11(12)17/h2-8H,9H2,1H3,(H,18,20). The zero-order valence-electron chi connectivity index (χ0n) is 13.0. The molecule has 130 valence electrons. The average Bonchev–Trinajstić information content (AvgIpc) is 2.61. The minimum absolute atomic E-state index is 0.0259. The topological polar surface area (TPSA) is 108 Å². The zero-order chi connectivity index (χ0) is 18.4. The minimum Gasteiger partial charge on any atom is -0.490 e. The van der Waals surface area contributed by atoms with E-state index in [0.717, 1.165) is 9.64 Å². The van der Waals surface area contributed by atoms with E-state index < -0.39 is 23.4 Å². The Morgan fingerprint density at radius 3 is 2.60 bits per heavy atom. The molecule has 0 unspecified atom stereocenters. The Hall–Kier alpha value is -2.69. The number of amides is 1. The van der Waals surface area contributed by atoms with Crippen molar-refractivity contribution in [2.45, 2.75) is 0 Å². The number of halogens is 1. The summed E-state index contributed by atoms with van der Waals surface area (Å²) >= 11 is 2.06. The van der Waals surface area contributed by atoms with Crippen LogP contribution in [0.3, 0.4) is 0 Å². The number of nitrogens with zero attached hydrogens (tertiary/aromatic N) is 1. The van der Waals surface area contributed by atoms with Gasteiger partial charge in [-0.2, -0.15) is 0 Å². The second-order valence-electron chi connectivity index (χ2n) is 4.75. The van der Waals surface area contributed by atoms with E-state index in [-0.39, 0.29) is 17.0 Å². The Morgan fingerprint density at radius 1 is 1.24 bits per heavy atom. The number of rotatable bonds is 6. The van der Waals surface area contributed by atoms with Gasteiger partial charge in [-0.1, -0.05) is 12.1 Å². The van der Waals surface area contributed by atoms with Gasteiger partial charge in [0.15, 0.2) is 12.4 Å². The number of benzene rings is 2. The van der Waals surface area contributed by atoms with E-state index >= 15 is 0 Å². The number of hydrogen-bond acceptors (Lipinski definition) is 6. The highest BCUT2D eigenvalue weighted by atomic mass is 127. The van der Waals surface area contributed by atoms with Crippen LogP contribution in [0.2, 0.25) is 0 Å². The maximum Gasteiger partial charge on any atom is 0.338 e. The van der Waals surface area contributed by atoms with E-state index in [1.165, 1.54) is 19.2 Å². The first-order valence-corrected chi connectivity index (χ1v) is 8.04. The van der Waals surface area contributed by atoms with E-state index in [0.29, 0.717) is 5.69 Å². The fourth-order valence-electron chi connectivity index (χ4n) is 1.92. The highest BCUT2D eigenvalue weighted by molar-refractivity contribution is 14.1. The monoisotopic (exact) mass is 456 g/mol. The number of para-hydroxylation sites is 1. The summed E-state index contributed by atoms with van der Waals surface area (Å²) in [6.45, 7) is -0.510. The lowest BCUT2D eigenvalue weighted by Crippen LogP contribution is -2.21. The molecule has 0 heterocycles. The van der Waals surface area contributed by atoms with Gasteiger partial charge in [0.25, 0.3) is 5.91 Å². The fraction of sp³-hybridized carbons (Fsp3) is 0.125. The number of hydrogen-bond donors (Lipinski definition) is 1. The normalized spacial score (nSPS) is 10.0. The Kier molecular flexibility index (Phi) is 6.28. The van der Waals surface area contributed by atoms with E-state index in [2.05, 4.69) is 27.9 Å². The number of carbonyl (C=O) groups excluding carboxylic acids is 2. The quantitative estimate of drug-likeness (QED) is 0.310. The maximum absolute atomic E-state index is 12.0. The van der Waals surface area contributed by atoms with Gasteiger partial charge in [0.1, 0.15) is 0 Å². The van der Waals surface area contributed by atoms with Crippen LogP contribution in [0.25, 0.3) is 0 Å². The molecular weight excluding hydrogens is 443 g/mol. The molecule has 8 nitrogen and oxygen atoms in total. The molecule has 25 heavy (non-hydrogen) atoms. The van der Waals surface area contributed by atoms with Crippen LogP contribution in [0.1, 0.15) is 10.4 Å². The van der Waals surface area contributed by atoms with E-state index in [9.17, 15) is 19.7 Å². The van der Waals surface area contributed by atoms with Crippen LogP contribution in [0.4, 0.5) is 11.4 Å². The van der Waals surface area contributed by atoms with E-state index in [1.807, 2.05) is 12.1 Å². The third kappa shape index (κ3) is 4.89. The molecular formula is C16H13IN2O6. The second-order valence-corrected chi connectivity index (χ2v) is 5.91. The van der Waals surface area contributed by atoms with Crippen molar-refractivity contribution in [1.82, 2.24) is 0 Å². The van der Waals surface area contributed by atoms with Gasteiger partial charge in [0, 0.05) is 9.64 Å². The summed E-state index contributed by atoms with van der Waals surface area (Å²) in [5.74, 6) is -1.33. The van der Waals surface area contributed by atoms with Crippen LogP contribution < -0.4 is 10.1 Å². The van der Waals surface area contributed by atoms with Gasteiger partial charge in [0.05, 0.1) is 23.3 Å². The van der Waals surface area contributed by atoms with Crippen molar-refractivity contribution in [3.8, 4) is 5.75 Å². The summed E-state index contributed by atoms with van der Waals surface area (Å²) < 4.78 is 10.6. The summed E-state index contributed by atoms with van der Waals surface area (Å²) in [7, 11) is 1.29. The molecule has 1 amide bonds. The lowest BCUT2D eigenvalue weighted by Gasteiger charge is -2.08. The Balaban J connectivity index is 2.00.